The molecule has 0 saturated carbocycles. The SMILES string of the molecule is CC1CCCN(c2cnnc(Nc3ccc(Cl)c(Cl)c3)n2)C1. The Labute approximate surface area is 139 Å². The van der Waals surface area contributed by atoms with Crippen molar-refractivity contribution in [3.8, 4) is 0 Å². The molecule has 22 heavy (non-hydrogen) atoms. The summed E-state index contributed by atoms with van der Waals surface area (Å²) < 4.78 is 0. The van der Waals surface area contributed by atoms with E-state index in [0.29, 0.717) is 21.9 Å². The summed E-state index contributed by atoms with van der Waals surface area (Å²) in [5, 5.41) is 12.2. The third-order valence-corrected chi connectivity index (χ3v) is 4.44. The molecule has 7 heteroatoms. The molecule has 2 heterocycles. The largest absolute Gasteiger partial charge is 0.355 e. The molecule has 0 amide bonds. The summed E-state index contributed by atoms with van der Waals surface area (Å²) in [6.07, 6.45) is 4.15. The number of hydrogen-bond acceptors (Lipinski definition) is 5. The number of hydrogen-bond donors (Lipinski definition) is 1. The predicted molar refractivity (Wildman–Crippen MR) is 90.2 cm³/mol. The second kappa shape index (κ2) is 6.67. The Balaban J connectivity index is 1.77. The lowest BCUT2D eigenvalue weighted by molar-refractivity contribution is 0.444. The van der Waals surface area contributed by atoms with E-state index in [-0.39, 0.29) is 0 Å². The summed E-state index contributed by atoms with van der Waals surface area (Å²) in [6, 6.07) is 5.30. The fourth-order valence-electron chi connectivity index (χ4n) is 2.60. The molecule has 0 spiro atoms. The summed E-state index contributed by atoms with van der Waals surface area (Å²) in [7, 11) is 0. The number of rotatable bonds is 3. The van der Waals surface area contributed by atoms with Gasteiger partial charge in [-0.1, -0.05) is 30.1 Å². The average molecular weight is 338 g/mol. The second-order valence-electron chi connectivity index (χ2n) is 5.59. The summed E-state index contributed by atoms with van der Waals surface area (Å²) in [5.74, 6) is 1.98. The minimum Gasteiger partial charge on any atom is -0.355 e. The van der Waals surface area contributed by atoms with Crippen molar-refractivity contribution in [1.82, 2.24) is 15.2 Å². The highest BCUT2D eigenvalue weighted by molar-refractivity contribution is 6.42. The van der Waals surface area contributed by atoms with Crippen LogP contribution in [0.4, 0.5) is 17.5 Å². The molecule has 1 N–H and O–H groups in total. The summed E-state index contributed by atoms with van der Waals surface area (Å²) in [6.45, 7) is 4.27. The summed E-state index contributed by atoms with van der Waals surface area (Å²) in [5.41, 5.74) is 0.778. The van der Waals surface area contributed by atoms with Crippen LogP contribution in [0.3, 0.4) is 0 Å². The van der Waals surface area contributed by atoms with Crippen molar-refractivity contribution in [3.63, 3.8) is 0 Å². The Morgan fingerprint density at radius 1 is 1.27 bits per heavy atom. The standard InChI is InChI=1S/C15H17Cl2N5/c1-10-3-2-6-22(9-10)14-8-18-21-15(20-14)19-11-4-5-12(16)13(17)7-11/h4-5,7-8,10H,2-3,6,9H2,1H3,(H,19,20,21). The molecule has 116 valence electrons. The van der Waals surface area contributed by atoms with Gasteiger partial charge < -0.3 is 10.2 Å². The van der Waals surface area contributed by atoms with Gasteiger partial charge in [-0.2, -0.15) is 10.1 Å². The molecule has 1 aromatic carbocycles. The molecular formula is C15H17Cl2N5. The molecule has 2 aromatic rings. The van der Waals surface area contributed by atoms with Crippen LogP contribution in [-0.4, -0.2) is 28.3 Å². The first-order valence-electron chi connectivity index (χ1n) is 7.28. The van der Waals surface area contributed by atoms with E-state index in [1.54, 1.807) is 18.3 Å². The van der Waals surface area contributed by atoms with Gasteiger partial charge >= 0.3 is 0 Å². The van der Waals surface area contributed by atoms with Gasteiger partial charge in [0.2, 0.25) is 5.95 Å². The van der Waals surface area contributed by atoms with E-state index in [4.69, 9.17) is 23.2 Å². The van der Waals surface area contributed by atoms with Crippen LogP contribution in [0.15, 0.2) is 24.4 Å². The van der Waals surface area contributed by atoms with E-state index in [0.717, 1.165) is 24.6 Å². The molecule has 0 aliphatic carbocycles. The van der Waals surface area contributed by atoms with Crippen molar-refractivity contribution >= 4 is 40.7 Å². The molecule has 1 aliphatic heterocycles. The first kappa shape index (κ1) is 15.3. The molecule has 5 nitrogen and oxygen atoms in total. The Morgan fingerprint density at radius 3 is 2.91 bits per heavy atom. The van der Waals surface area contributed by atoms with Gasteiger partial charge in [0.25, 0.3) is 0 Å². The summed E-state index contributed by atoms with van der Waals surface area (Å²) >= 11 is 11.9. The van der Waals surface area contributed by atoms with Gasteiger partial charge in [-0.25, -0.2) is 0 Å². The lowest BCUT2D eigenvalue weighted by Crippen LogP contribution is -2.35. The molecule has 0 radical (unpaired) electrons. The molecular weight excluding hydrogens is 321 g/mol. The van der Waals surface area contributed by atoms with Crippen LogP contribution in [0, 0.1) is 5.92 Å². The van der Waals surface area contributed by atoms with E-state index < -0.39 is 0 Å². The molecule has 0 bridgehead atoms. The number of benzene rings is 1. The fourth-order valence-corrected chi connectivity index (χ4v) is 2.90. The minimum atomic E-state index is 0.453. The second-order valence-corrected chi connectivity index (χ2v) is 6.40. The topological polar surface area (TPSA) is 53.9 Å². The lowest BCUT2D eigenvalue weighted by atomic mass is 10.0. The van der Waals surface area contributed by atoms with Gasteiger partial charge in [-0.05, 0) is 37.0 Å². The highest BCUT2D eigenvalue weighted by Crippen LogP contribution is 2.27. The number of halogens is 2. The van der Waals surface area contributed by atoms with Crippen molar-refractivity contribution in [2.24, 2.45) is 5.92 Å². The zero-order chi connectivity index (χ0) is 15.5. The Bertz CT molecular complexity index is 664. The maximum atomic E-state index is 6.01. The molecule has 1 fully saturated rings. The number of piperidine rings is 1. The Kier molecular flexibility index (Phi) is 4.64. The van der Waals surface area contributed by atoms with E-state index >= 15 is 0 Å². The zero-order valence-electron chi connectivity index (χ0n) is 12.3. The van der Waals surface area contributed by atoms with E-state index in [1.165, 1.54) is 12.8 Å². The van der Waals surface area contributed by atoms with Crippen molar-refractivity contribution < 1.29 is 0 Å². The van der Waals surface area contributed by atoms with Crippen molar-refractivity contribution in [2.75, 3.05) is 23.3 Å². The molecule has 3 rings (SSSR count). The van der Waals surface area contributed by atoms with E-state index in [9.17, 15) is 0 Å². The number of anilines is 3. The first-order valence-corrected chi connectivity index (χ1v) is 8.04. The number of aromatic nitrogens is 3. The average Bonchev–Trinajstić information content (AvgIpc) is 2.51. The number of nitrogens with one attached hydrogen (secondary N) is 1. The van der Waals surface area contributed by atoms with Crippen LogP contribution in [0.2, 0.25) is 10.0 Å². The normalized spacial score (nSPS) is 18.3. The maximum Gasteiger partial charge on any atom is 0.249 e. The molecule has 1 aromatic heterocycles. The first-order chi connectivity index (χ1) is 10.6. The van der Waals surface area contributed by atoms with Gasteiger partial charge in [0.05, 0.1) is 16.2 Å². The Hall–Kier alpha value is -1.59. The van der Waals surface area contributed by atoms with Crippen molar-refractivity contribution in [2.45, 2.75) is 19.8 Å². The third-order valence-electron chi connectivity index (χ3n) is 3.70. The van der Waals surface area contributed by atoms with Gasteiger partial charge in [0, 0.05) is 18.8 Å². The van der Waals surface area contributed by atoms with Gasteiger partial charge in [0.1, 0.15) is 0 Å². The minimum absolute atomic E-state index is 0.453. The highest BCUT2D eigenvalue weighted by Gasteiger charge is 2.18. The van der Waals surface area contributed by atoms with Gasteiger partial charge in [-0.15, -0.1) is 5.10 Å². The maximum absolute atomic E-state index is 6.01. The molecule has 1 unspecified atom stereocenters. The smallest absolute Gasteiger partial charge is 0.249 e. The third kappa shape index (κ3) is 3.59. The Morgan fingerprint density at radius 2 is 2.14 bits per heavy atom. The highest BCUT2D eigenvalue weighted by atomic mass is 35.5. The van der Waals surface area contributed by atoms with Crippen LogP contribution in [0.1, 0.15) is 19.8 Å². The van der Waals surface area contributed by atoms with Crippen LogP contribution in [0.25, 0.3) is 0 Å². The van der Waals surface area contributed by atoms with Crippen molar-refractivity contribution in [1.29, 1.82) is 0 Å². The van der Waals surface area contributed by atoms with Crippen LogP contribution in [0.5, 0.6) is 0 Å². The summed E-state index contributed by atoms with van der Waals surface area (Å²) in [4.78, 5) is 6.80. The van der Waals surface area contributed by atoms with Gasteiger partial charge in [-0.3, -0.25) is 0 Å². The molecule has 1 atom stereocenters. The molecule has 1 aliphatic rings. The monoisotopic (exact) mass is 337 g/mol. The van der Waals surface area contributed by atoms with Crippen molar-refractivity contribution in [3.05, 3.63) is 34.4 Å². The predicted octanol–water partition coefficient (Wildman–Crippen LogP) is 4.16. The van der Waals surface area contributed by atoms with Crippen LogP contribution >= 0.6 is 23.2 Å². The zero-order valence-corrected chi connectivity index (χ0v) is 13.8. The van der Waals surface area contributed by atoms with E-state index in [1.807, 2.05) is 6.07 Å². The fraction of sp³-hybridized carbons (Fsp3) is 0.400. The van der Waals surface area contributed by atoms with E-state index in [2.05, 4.69) is 32.3 Å². The molecule has 1 saturated heterocycles. The van der Waals surface area contributed by atoms with Crippen LogP contribution < -0.4 is 10.2 Å². The lowest BCUT2D eigenvalue weighted by Gasteiger charge is -2.31. The number of nitrogens with zero attached hydrogens (tertiary/aromatic N) is 4. The van der Waals surface area contributed by atoms with Crippen LogP contribution in [-0.2, 0) is 0 Å². The quantitative estimate of drug-likeness (QED) is 0.911. The van der Waals surface area contributed by atoms with Gasteiger partial charge in [0.15, 0.2) is 5.82 Å².